The van der Waals surface area contributed by atoms with Crippen molar-refractivity contribution in [3.8, 4) is 0 Å². The van der Waals surface area contributed by atoms with Gasteiger partial charge in [-0.2, -0.15) is 0 Å². The van der Waals surface area contributed by atoms with Crippen molar-refractivity contribution in [3.05, 3.63) is 47.5 Å². The van der Waals surface area contributed by atoms with Crippen LogP contribution in [-0.4, -0.2) is 68.8 Å². The number of likely N-dealkylation sites (N-methyl/N-ethyl adjacent to an activating group) is 1. The maximum atomic E-state index is 13.6. The molecule has 0 unspecified atom stereocenters. The molecule has 2 aromatic rings. The number of rotatable bonds is 8. The number of imidazole rings is 1. The average Bonchev–Trinajstić information content (AvgIpc) is 3.46. The number of nitrogens with one attached hydrogen (secondary N) is 2. The number of carboxylic acids is 1. The summed E-state index contributed by atoms with van der Waals surface area (Å²) in [5.41, 5.74) is 2.39. The fourth-order valence-electron chi connectivity index (χ4n) is 5.08. The topological polar surface area (TPSA) is 136 Å². The summed E-state index contributed by atoms with van der Waals surface area (Å²) in [7, 11) is 1.58. The van der Waals surface area contributed by atoms with Gasteiger partial charge in [-0.05, 0) is 29.9 Å². The first-order chi connectivity index (χ1) is 16.7. The van der Waals surface area contributed by atoms with Gasteiger partial charge in [-0.15, -0.1) is 0 Å². The van der Waals surface area contributed by atoms with Gasteiger partial charge in [0.1, 0.15) is 23.9 Å². The molecule has 0 aliphatic carbocycles. The van der Waals surface area contributed by atoms with Crippen molar-refractivity contribution in [2.24, 2.45) is 5.92 Å². The van der Waals surface area contributed by atoms with Crippen molar-refractivity contribution < 1.29 is 24.3 Å². The number of aliphatic carboxylic acids is 1. The predicted octanol–water partition coefficient (Wildman–Crippen LogP) is 1.30. The van der Waals surface area contributed by atoms with Gasteiger partial charge in [-0.25, -0.2) is 9.78 Å². The predicted molar refractivity (Wildman–Crippen MR) is 128 cm³/mol. The number of hydrogen-bond donors (Lipinski definition) is 3. The van der Waals surface area contributed by atoms with E-state index >= 15 is 0 Å². The summed E-state index contributed by atoms with van der Waals surface area (Å²) < 4.78 is 0. The molecule has 1 aromatic heterocycles. The highest BCUT2D eigenvalue weighted by Gasteiger charge is 2.44. The van der Waals surface area contributed by atoms with Crippen LogP contribution in [0.15, 0.2) is 30.6 Å². The second-order valence-corrected chi connectivity index (χ2v) is 9.34. The number of carbonyl (C=O) groups is 4. The largest absolute Gasteiger partial charge is 0.480 e. The van der Waals surface area contributed by atoms with E-state index in [2.05, 4.69) is 15.3 Å². The Morgan fingerprint density at radius 3 is 2.71 bits per heavy atom. The van der Waals surface area contributed by atoms with Crippen molar-refractivity contribution in [2.45, 2.75) is 64.1 Å². The van der Waals surface area contributed by atoms with Crippen molar-refractivity contribution in [2.75, 3.05) is 11.9 Å². The van der Waals surface area contributed by atoms with Gasteiger partial charge in [0, 0.05) is 25.9 Å². The summed E-state index contributed by atoms with van der Waals surface area (Å²) in [6.45, 7) is 3.82. The molecular formula is C25H31N5O5. The number of aromatic amines is 1. The number of aromatic nitrogens is 2. The van der Waals surface area contributed by atoms with E-state index in [4.69, 9.17) is 0 Å². The van der Waals surface area contributed by atoms with E-state index in [1.165, 1.54) is 9.80 Å². The van der Waals surface area contributed by atoms with E-state index in [1.54, 1.807) is 19.4 Å². The van der Waals surface area contributed by atoms with Crippen LogP contribution >= 0.6 is 0 Å². The van der Waals surface area contributed by atoms with E-state index in [9.17, 15) is 24.3 Å². The summed E-state index contributed by atoms with van der Waals surface area (Å²) in [5, 5.41) is 12.6. The Labute approximate surface area is 203 Å². The second-order valence-electron chi connectivity index (χ2n) is 9.34. The van der Waals surface area contributed by atoms with Gasteiger partial charge in [-0.3, -0.25) is 19.3 Å². The lowest BCUT2D eigenvalue weighted by Gasteiger charge is -2.33. The van der Waals surface area contributed by atoms with Crippen LogP contribution in [0.5, 0.6) is 0 Å². The highest BCUT2D eigenvalue weighted by Crippen LogP contribution is 2.39. The molecule has 10 heteroatoms. The van der Waals surface area contributed by atoms with Crippen LogP contribution < -0.4 is 10.2 Å². The SMILES string of the molecule is CC[C@H](C)[C@@H](C(=O)N[C@H]1CCc2cccc3c2N(C1=O)[C@H](C(=O)O)C3)N(C)C(=O)Cc1ncc[nH]1. The third kappa shape index (κ3) is 4.65. The molecule has 3 amide bonds. The van der Waals surface area contributed by atoms with Gasteiger partial charge >= 0.3 is 5.97 Å². The maximum absolute atomic E-state index is 13.6. The molecule has 0 fully saturated rings. The third-order valence-corrected chi connectivity index (χ3v) is 7.14. The Morgan fingerprint density at radius 1 is 1.31 bits per heavy atom. The van der Waals surface area contributed by atoms with Crippen molar-refractivity contribution in [3.63, 3.8) is 0 Å². The van der Waals surface area contributed by atoms with E-state index in [1.807, 2.05) is 32.0 Å². The first-order valence-electron chi connectivity index (χ1n) is 11.9. The van der Waals surface area contributed by atoms with Crippen LogP contribution in [0.4, 0.5) is 5.69 Å². The summed E-state index contributed by atoms with van der Waals surface area (Å²) in [4.78, 5) is 61.7. The van der Waals surface area contributed by atoms with E-state index in [0.29, 0.717) is 30.8 Å². The van der Waals surface area contributed by atoms with E-state index in [-0.39, 0.29) is 24.7 Å². The molecular weight excluding hydrogens is 450 g/mol. The summed E-state index contributed by atoms with van der Waals surface area (Å²) in [6, 6.07) is 2.95. The smallest absolute Gasteiger partial charge is 0.327 e. The minimum Gasteiger partial charge on any atom is -0.480 e. The number of amides is 3. The van der Waals surface area contributed by atoms with E-state index < -0.39 is 35.9 Å². The van der Waals surface area contributed by atoms with Crippen LogP contribution in [0.2, 0.25) is 0 Å². The van der Waals surface area contributed by atoms with Crippen molar-refractivity contribution in [1.29, 1.82) is 0 Å². The molecule has 0 bridgehead atoms. The standard InChI is InChI=1S/C25H31N5O5/c1-4-14(2)21(29(3)20(31)13-19-26-10-11-27-19)23(32)28-17-9-8-15-6-5-7-16-12-18(25(34)35)30(22(15)16)24(17)33/h5-7,10-11,14,17-18,21H,4,8-9,12-13H2,1-3H3,(H,26,27)(H,28,32)(H,34,35)/t14-,17-,18-,21-/m0/s1. The second kappa shape index (κ2) is 9.89. The molecule has 0 spiro atoms. The van der Waals surface area contributed by atoms with Crippen LogP contribution in [-0.2, 0) is 38.4 Å². The number of carbonyl (C=O) groups excluding carboxylic acids is 3. The number of anilines is 1. The van der Waals surface area contributed by atoms with Gasteiger partial charge < -0.3 is 20.3 Å². The Morgan fingerprint density at radius 2 is 2.06 bits per heavy atom. The molecule has 10 nitrogen and oxygen atoms in total. The Bertz CT molecular complexity index is 1130. The van der Waals surface area contributed by atoms with Gasteiger partial charge in [0.2, 0.25) is 17.7 Å². The third-order valence-electron chi connectivity index (χ3n) is 7.14. The number of aryl methyl sites for hydroxylation is 1. The lowest BCUT2D eigenvalue weighted by atomic mass is 9.95. The maximum Gasteiger partial charge on any atom is 0.327 e. The van der Waals surface area contributed by atoms with Gasteiger partial charge in [0.25, 0.3) is 0 Å². The molecule has 1 aromatic carbocycles. The summed E-state index contributed by atoms with van der Waals surface area (Å²) >= 11 is 0. The first kappa shape index (κ1) is 24.4. The minimum absolute atomic E-state index is 0.0260. The van der Waals surface area contributed by atoms with Crippen molar-refractivity contribution >= 4 is 29.4 Å². The van der Waals surface area contributed by atoms with E-state index in [0.717, 1.165) is 11.1 Å². The zero-order valence-corrected chi connectivity index (χ0v) is 20.2. The Balaban J connectivity index is 1.56. The Hall–Kier alpha value is -3.69. The summed E-state index contributed by atoms with van der Waals surface area (Å²) in [6.07, 6.45) is 4.99. The quantitative estimate of drug-likeness (QED) is 0.520. The molecule has 0 saturated carbocycles. The fourth-order valence-corrected chi connectivity index (χ4v) is 5.08. The normalized spacial score (nSPS) is 20.5. The zero-order valence-electron chi connectivity index (χ0n) is 20.2. The molecule has 2 aliphatic heterocycles. The summed E-state index contributed by atoms with van der Waals surface area (Å²) in [5.74, 6) is -1.86. The molecule has 4 atom stereocenters. The van der Waals surface area contributed by atoms with Gasteiger partial charge in [-0.1, -0.05) is 38.5 Å². The first-order valence-corrected chi connectivity index (χ1v) is 11.9. The number of hydrogen-bond acceptors (Lipinski definition) is 5. The van der Waals surface area contributed by atoms with Crippen LogP contribution in [0.25, 0.3) is 0 Å². The molecule has 3 N–H and O–H groups in total. The molecule has 186 valence electrons. The van der Waals surface area contributed by atoms with Crippen LogP contribution in [0.1, 0.15) is 43.6 Å². The van der Waals surface area contributed by atoms with Crippen LogP contribution in [0, 0.1) is 5.92 Å². The molecule has 0 radical (unpaired) electrons. The Kier molecular flexibility index (Phi) is 6.90. The van der Waals surface area contributed by atoms with Crippen LogP contribution in [0.3, 0.4) is 0 Å². The monoisotopic (exact) mass is 481 g/mol. The lowest BCUT2D eigenvalue weighted by Crippen LogP contribution is -2.57. The number of para-hydroxylation sites is 1. The van der Waals surface area contributed by atoms with Crippen molar-refractivity contribution in [1.82, 2.24) is 20.2 Å². The molecule has 4 rings (SSSR count). The number of H-pyrrole nitrogens is 1. The highest BCUT2D eigenvalue weighted by molar-refractivity contribution is 6.07. The van der Waals surface area contributed by atoms with Gasteiger partial charge in [0.15, 0.2) is 0 Å². The highest BCUT2D eigenvalue weighted by atomic mass is 16.4. The average molecular weight is 482 g/mol. The fraction of sp³-hybridized carbons (Fsp3) is 0.480. The zero-order chi connectivity index (χ0) is 25.3. The molecule has 35 heavy (non-hydrogen) atoms. The lowest BCUT2D eigenvalue weighted by molar-refractivity contribution is -0.142. The molecule has 2 aliphatic rings. The number of nitrogens with zero attached hydrogens (tertiary/aromatic N) is 3. The molecule has 0 saturated heterocycles. The minimum atomic E-state index is -1.08. The van der Waals surface area contributed by atoms with Gasteiger partial charge in [0.05, 0.1) is 12.1 Å². The number of carboxylic acid groups (broad SMARTS) is 1. The number of benzene rings is 1. The molecule has 3 heterocycles.